The van der Waals surface area contributed by atoms with Gasteiger partial charge < -0.3 is 18.8 Å². The topological polar surface area (TPSA) is 65.5 Å². The van der Waals surface area contributed by atoms with Gasteiger partial charge in [0.2, 0.25) is 0 Å². The lowest BCUT2D eigenvalue weighted by Gasteiger charge is -2.17. The van der Waals surface area contributed by atoms with E-state index in [0.717, 1.165) is 5.56 Å². The molecule has 1 aromatic heterocycles. The molecule has 0 bridgehead atoms. The minimum Gasteiger partial charge on any atom is -0.493 e. The molecule has 118 valence electrons. The van der Waals surface area contributed by atoms with Gasteiger partial charge in [0, 0.05) is 25.3 Å². The second kappa shape index (κ2) is 7.24. The van der Waals surface area contributed by atoms with Crippen LogP contribution < -0.4 is 15.0 Å². The molecular weight excluding hydrogens is 304 g/mol. The minimum atomic E-state index is -0.265. The largest absolute Gasteiger partial charge is 0.493 e. The van der Waals surface area contributed by atoms with Gasteiger partial charge in [0.15, 0.2) is 16.3 Å². The summed E-state index contributed by atoms with van der Waals surface area (Å²) in [5.41, 5.74) is 1.12. The van der Waals surface area contributed by atoms with Crippen molar-refractivity contribution in [2.24, 2.45) is 0 Å². The maximum Gasteiger partial charge on any atom is 0.252 e. The highest BCUT2D eigenvalue weighted by Gasteiger charge is 2.15. The standard InChI is InChI=1S/C15H18N2O4S/c1-19-8-7-17-11(9-13(18)16-15(17)22)10-5-4-6-12(20-2)14(10)21-3/h4-6,9H,7-8H2,1-3H3,(H,16,18,22). The maximum absolute atomic E-state index is 11.8. The second-order valence-electron chi connectivity index (χ2n) is 4.51. The van der Waals surface area contributed by atoms with Crippen LogP contribution in [0.15, 0.2) is 29.1 Å². The predicted molar refractivity (Wildman–Crippen MR) is 86.3 cm³/mol. The average Bonchev–Trinajstić information content (AvgIpc) is 2.52. The summed E-state index contributed by atoms with van der Waals surface area (Å²) in [7, 11) is 4.74. The van der Waals surface area contributed by atoms with Crippen LogP contribution in [-0.4, -0.2) is 37.5 Å². The third-order valence-corrected chi connectivity index (χ3v) is 3.55. The lowest BCUT2D eigenvalue weighted by Crippen LogP contribution is -2.17. The molecule has 0 aliphatic heterocycles. The number of ether oxygens (including phenoxy) is 3. The second-order valence-corrected chi connectivity index (χ2v) is 4.90. The van der Waals surface area contributed by atoms with E-state index >= 15 is 0 Å². The van der Waals surface area contributed by atoms with E-state index in [-0.39, 0.29) is 5.56 Å². The van der Waals surface area contributed by atoms with Crippen molar-refractivity contribution in [2.45, 2.75) is 6.54 Å². The van der Waals surface area contributed by atoms with Crippen LogP contribution >= 0.6 is 12.2 Å². The number of rotatable bonds is 6. The van der Waals surface area contributed by atoms with Crippen LogP contribution in [0.2, 0.25) is 0 Å². The molecule has 0 fully saturated rings. The number of hydrogen-bond donors (Lipinski definition) is 1. The molecule has 0 aliphatic rings. The van der Waals surface area contributed by atoms with Gasteiger partial charge in [-0.25, -0.2) is 0 Å². The van der Waals surface area contributed by atoms with Gasteiger partial charge >= 0.3 is 0 Å². The highest BCUT2D eigenvalue weighted by atomic mass is 32.1. The van der Waals surface area contributed by atoms with Crippen molar-refractivity contribution in [1.82, 2.24) is 9.55 Å². The number of nitrogens with one attached hydrogen (secondary N) is 1. The van der Waals surface area contributed by atoms with Gasteiger partial charge in [-0.3, -0.25) is 9.78 Å². The number of aromatic amines is 1. The summed E-state index contributed by atoms with van der Waals surface area (Å²) in [6.45, 7) is 0.988. The zero-order valence-electron chi connectivity index (χ0n) is 12.7. The predicted octanol–water partition coefficient (Wildman–Crippen LogP) is 2.24. The third-order valence-electron chi connectivity index (χ3n) is 3.23. The van der Waals surface area contributed by atoms with E-state index < -0.39 is 0 Å². The molecule has 0 aliphatic carbocycles. The van der Waals surface area contributed by atoms with E-state index in [1.807, 2.05) is 12.1 Å². The Hall–Kier alpha value is -2.12. The van der Waals surface area contributed by atoms with Gasteiger partial charge in [0.05, 0.1) is 26.5 Å². The molecule has 1 aromatic carbocycles. The zero-order chi connectivity index (χ0) is 16.1. The Kier molecular flexibility index (Phi) is 5.35. The van der Waals surface area contributed by atoms with Gasteiger partial charge in [0.1, 0.15) is 0 Å². The SMILES string of the molecule is COCCn1c(-c2cccc(OC)c2OC)cc(=O)[nH]c1=S. The van der Waals surface area contributed by atoms with Crippen molar-refractivity contribution in [2.75, 3.05) is 27.9 Å². The Balaban J connectivity index is 2.71. The van der Waals surface area contributed by atoms with Crippen molar-refractivity contribution in [3.63, 3.8) is 0 Å². The number of para-hydroxylation sites is 1. The fourth-order valence-electron chi connectivity index (χ4n) is 2.24. The first-order valence-corrected chi connectivity index (χ1v) is 7.07. The molecule has 0 radical (unpaired) electrons. The van der Waals surface area contributed by atoms with Gasteiger partial charge in [-0.05, 0) is 24.4 Å². The highest BCUT2D eigenvalue weighted by molar-refractivity contribution is 7.71. The van der Waals surface area contributed by atoms with Crippen LogP contribution in [0.1, 0.15) is 0 Å². The number of hydrogen-bond acceptors (Lipinski definition) is 5. The molecule has 0 spiro atoms. The molecule has 0 atom stereocenters. The Labute approximate surface area is 133 Å². The van der Waals surface area contributed by atoms with Crippen LogP contribution in [0, 0.1) is 4.77 Å². The summed E-state index contributed by atoms with van der Waals surface area (Å²) in [6, 6.07) is 6.97. The summed E-state index contributed by atoms with van der Waals surface area (Å²) in [5.74, 6) is 1.14. The van der Waals surface area contributed by atoms with Crippen LogP contribution in [-0.2, 0) is 11.3 Å². The quantitative estimate of drug-likeness (QED) is 0.826. The number of benzene rings is 1. The minimum absolute atomic E-state index is 0.265. The van der Waals surface area contributed by atoms with Gasteiger partial charge in [-0.1, -0.05) is 6.07 Å². The van der Waals surface area contributed by atoms with Crippen molar-refractivity contribution < 1.29 is 14.2 Å². The normalized spacial score (nSPS) is 10.5. The van der Waals surface area contributed by atoms with E-state index in [1.54, 1.807) is 32.0 Å². The summed E-state index contributed by atoms with van der Waals surface area (Å²) in [5, 5.41) is 0. The summed E-state index contributed by atoms with van der Waals surface area (Å²) in [6.07, 6.45) is 0. The molecule has 6 nitrogen and oxygen atoms in total. The van der Waals surface area contributed by atoms with Gasteiger partial charge in [0.25, 0.3) is 5.56 Å². The molecule has 2 aromatic rings. The fourth-order valence-corrected chi connectivity index (χ4v) is 2.53. The van der Waals surface area contributed by atoms with Crippen molar-refractivity contribution >= 4 is 12.2 Å². The van der Waals surface area contributed by atoms with E-state index in [9.17, 15) is 4.79 Å². The van der Waals surface area contributed by atoms with Crippen molar-refractivity contribution in [3.05, 3.63) is 39.4 Å². The van der Waals surface area contributed by atoms with E-state index in [2.05, 4.69) is 4.98 Å². The Morgan fingerprint density at radius 1 is 1.23 bits per heavy atom. The van der Waals surface area contributed by atoms with Gasteiger partial charge in [-0.15, -0.1) is 0 Å². The fraction of sp³-hybridized carbons (Fsp3) is 0.333. The molecule has 1 N–H and O–H groups in total. The molecule has 22 heavy (non-hydrogen) atoms. The molecule has 7 heteroatoms. The van der Waals surface area contributed by atoms with Crippen molar-refractivity contribution in [3.8, 4) is 22.8 Å². The summed E-state index contributed by atoms with van der Waals surface area (Å²) in [4.78, 5) is 14.4. The Bertz CT molecular complexity index is 767. The average molecular weight is 322 g/mol. The molecule has 0 saturated carbocycles. The van der Waals surface area contributed by atoms with Gasteiger partial charge in [-0.2, -0.15) is 0 Å². The van der Waals surface area contributed by atoms with Crippen LogP contribution in [0.4, 0.5) is 0 Å². The molecule has 2 rings (SSSR count). The number of H-pyrrole nitrogens is 1. The number of aromatic nitrogens is 2. The first-order chi connectivity index (χ1) is 10.6. The number of methoxy groups -OCH3 is 3. The third kappa shape index (κ3) is 3.20. The Morgan fingerprint density at radius 2 is 2.00 bits per heavy atom. The lowest BCUT2D eigenvalue weighted by molar-refractivity contribution is 0.186. The first-order valence-electron chi connectivity index (χ1n) is 6.66. The van der Waals surface area contributed by atoms with Crippen LogP contribution in [0.25, 0.3) is 11.3 Å². The monoisotopic (exact) mass is 322 g/mol. The van der Waals surface area contributed by atoms with Crippen LogP contribution in [0.3, 0.4) is 0 Å². The molecule has 0 amide bonds. The maximum atomic E-state index is 11.8. The highest BCUT2D eigenvalue weighted by Crippen LogP contribution is 2.37. The smallest absolute Gasteiger partial charge is 0.252 e. The van der Waals surface area contributed by atoms with Crippen molar-refractivity contribution in [1.29, 1.82) is 0 Å². The first kappa shape index (κ1) is 16.3. The molecule has 0 unspecified atom stereocenters. The number of nitrogens with zero attached hydrogens (tertiary/aromatic N) is 1. The molecule has 1 heterocycles. The van der Waals surface area contributed by atoms with E-state index in [1.165, 1.54) is 6.07 Å². The van der Waals surface area contributed by atoms with Crippen LogP contribution in [0.5, 0.6) is 11.5 Å². The van der Waals surface area contributed by atoms with E-state index in [0.29, 0.717) is 35.1 Å². The summed E-state index contributed by atoms with van der Waals surface area (Å²) >= 11 is 5.26. The lowest BCUT2D eigenvalue weighted by atomic mass is 10.1. The van der Waals surface area contributed by atoms with E-state index in [4.69, 9.17) is 26.4 Å². The Morgan fingerprint density at radius 3 is 2.64 bits per heavy atom. The summed E-state index contributed by atoms with van der Waals surface area (Å²) < 4.78 is 18.0. The molecular formula is C15H18N2O4S. The molecule has 0 saturated heterocycles. The zero-order valence-corrected chi connectivity index (χ0v) is 13.5.